The third-order valence-corrected chi connectivity index (χ3v) is 6.68. The van der Waals surface area contributed by atoms with Crippen molar-refractivity contribution in [1.82, 2.24) is 4.90 Å². The van der Waals surface area contributed by atoms with E-state index in [2.05, 4.69) is 4.40 Å². The molecule has 0 spiro atoms. The highest BCUT2D eigenvalue weighted by Gasteiger charge is 2.32. The van der Waals surface area contributed by atoms with Crippen LogP contribution >= 0.6 is 11.8 Å². The molecule has 0 saturated carbocycles. The normalized spacial score (nSPS) is 17.2. The van der Waals surface area contributed by atoms with E-state index in [9.17, 15) is 13.2 Å². The Kier molecular flexibility index (Phi) is 5.99. The lowest BCUT2D eigenvalue weighted by molar-refractivity contribution is -0.121. The first-order chi connectivity index (χ1) is 13.7. The largest absolute Gasteiger partial charge is 0.493 e. The molecule has 1 aliphatic rings. The van der Waals surface area contributed by atoms with Crippen LogP contribution in [0.2, 0.25) is 0 Å². The monoisotopic (exact) mass is 432 g/mol. The van der Waals surface area contributed by atoms with Crippen LogP contribution in [0.1, 0.15) is 11.1 Å². The number of amidine groups is 1. The molecule has 1 aliphatic heterocycles. The molecular weight excluding hydrogens is 412 g/mol. The maximum absolute atomic E-state index is 12.6. The fourth-order valence-electron chi connectivity index (χ4n) is 2.59. The SMILES string of the molecule is COc1ccc(/C=C2/SC(=NS(=O)(=O)c3ccc(C)cc3)N(C)C2=O)cc1OC. The van der Waals surface area contributed by atoms with Crippen molar-refractivity contribution >= 4 is 38.9 Å². The predicted molar refractivity (Wildman–Crippen MR) is 114 cm³/mol. The maximum atomic E-state index is 12.6. The lowest BCUT2D eigenvalue weighted by atomic mass is 10.2. The number of sulfonamides is 1. The van der Waals surface area contributed by atoms with Crippen molar-refractivity contribution in [3.05, 3.63) is 58.5 Å². The zero-order valence-corrected chi connectivity index (χ0v) is 18.0. The Morgan fingerprint density at radius 3 is 2.31 bits per heavy atom. The number of likely N-dealkylation sites (N-methyl/N-ethyl adjacent to an activating group) is 1. The molecule has 3 rings (SSSR count). The quantitative estimate of drug-likeness (QED) is 0.674. The molecule has 1 heterocycles. The van der Waals surface area contributed by atoms with E-state index in [-0.39, 0.29) is 16.0 Å². The summed E-state index contributed by atoms with van der Waals surface area (Å²) in [4.78, 5) is 14.2. The molecule has 0 aromatic heterocycles. The molecule has 2 aromatic rings. The number of hydrogen-bond acceptors (Lipinski definition) is 6. The Labute approximate surface area is 174 Å². The van der Waals surface area contributed by atoms with Gasteiger partial charge in [0.05, 0.1) is 24.0 Å². The summed E-state index contributed by atoms with van der Waals surface area (Å²) in [6.07, 6.45) is 1.66. The maximum Gasteiger partial charge on any atom is 0.284 e. The number of carbonyl (C=O) groups excluding carboxylic acids is 1. The minimum Gasteiger partial charge on any atom is -0.493 e. The zero-order chi connectivity index (χ0) is 21.2. The molecular formula is C20H20N2O5S2. The summed E-state index contributed by atoms with van der Waals surface area (Å²) in [7, 11) is 0.638. The smallest absolute Gasteiger partial charge is 0.284 e. The van der Waals surface area contributed by atoms with Crippen molar-refractivity contribution in [2.45, 2.75) is 11.8 Å². The molecule has 1 saturated heterocycles. The molecule has 0 unspecified atom stereocenters. The zero-order valence-electron chi connectivity index (χ0n) is 16.4. The van der Waals surface area contributed by atoms with Crippen molar-refractivity contribution in [3.63, 3.8) is 0 Å². The van der Waals surface area contributed by atoms with E-state index in [4.69, 9.17) is 9.47 Å². The second-order valence-corrected chi connectivity index (χ2v) is 8.86. The number of benzene rings is 2. The van der Waals surface area contributed by atoms with E-state index in [1.54, 1.807) is 43.5 Å². The molecule has 2 aromatic carbocycles. The summed E-state index contributed by atoms with van der Waals surface area (Å²) in [5.74, 6) is 0.771. The van der Waals surface area contributed by atoms with Gasteiger partial charge in [0.25, 0.3) is 15.9 Å². The number of ether oxygens (including phenoxy) is 2. The third kappa shape index (κ3) is 4.46. The van der Waals surface area contributed by atoms with Crippen molar-refractivity contribution in [2.24, 2.45) is 4.40 Å². The number of hydrogen-bond donors (Lipinski definition) is 0. The Balaban J connectivity index is 1.92. The van der Waals surface area contributed by atoms with Gasteiger partial charge in [-0.2, -0.15) is 8.42 Å². The first kappa shape index (κ1) is 20.9. The summed E-state index contributed by atoms with van der Waals surface area (Å²) >= 11 is 1.01. The summed E-state index contributed by atoms with van der Waals surface area (Å²) in [6, 6.07) is 11.6. The predicted octanol–water partition coefficient (Wildman–Crippen LogP) is 3.30. The van der Waals surface area contributed by atoms with Crippen LogP contribution in [0.4, 0.5) is 0 Å². The van der Waals surface area contributed by atoms with Crippen LogP contribution in [-0.4, -0.2) is 45.7 Å². The van der Waals surface area contributed by atoms with E-state index in [0.29, 0.717) is 16.4 Å². The van der Waals surface area contributed by atoms with Crippen molar-refractivity contribution < 1.29 is 22.7 Å². The first-order valence-electron chi connectivity index (χ1n) is 8.56. The Bertz CT molecular complexity index is 1110. The first-order valence-corrected chi connectivity index (χ1v) is 10.8. The molecule has 7 nitrogen and oxygen atoms in total. The molecule has 0 N–H and O–H groups in total. The molecule has 1 amide bonds. The number of nitrogens with zero attached hydrogens (tertiary/aromatic N) is 2. The highest BCUT2D eigenvalue weighted by Crippen LogP contribution is 2.34. The number of rotatable bonds is 5. The standard InChI is InChI=1S/C20H20N2O5S2/c1-13-5-8-15(9-6-13)29(24,25)21-20-22(2)19(23)18(28-20)12-14-7-10-16(26-3)17(11-14)27-4/h5-12H,1-4H3/b18-12+,21-20?. The lowest BCUT2D eigenvalue weighted by Crippen LogP contribution is -2.24. The molecule has 0 aliphatic carbocycles. The van der Waals surface area contributed by atoms with Crippen LogP contribution in [0.3, 0.4) is 0 Å². The average Bonchev–Trinajstić information content (AvgIpc) is 2.95. The van der Waals surface area contributed by atoms with Gasteiger partial charge in [0, 0.05) is 7.05 Å². The fraction of sp³-hybridized carbons (Fsp3) is 0.200. The number of thioether (sulfide) groups is 1. The van der Waals surface area contributed by atoms with Crippen LogP contribution in [0.5, 0.6) is 11.5 Å². The van der Waals surface area contributed by atoms with Crippen LogP contribution in [0.25, 0.3) is 6.08 Å². The molecule has 29 heavy (non-hydrogen) atoms. The van der Waals surface area contributed by atoms with Gasteiger partial charge in [0.15, 0.2) is 16.7 Å². The van der Waals surface area contributed by atoms with Crippen molar-refractivity contribution in [1.29, 1.82) is 0 Å². The minimum atomic E-state index is -3.92. The van der Waals surface area contributed by atoms with E-state index in [1.165, 1.54) is 31.2 Å². The van der Waals surface area contributed by atoms with Crippen LogP contribution in [0.15, 0.2) is 56.7 Å². The van der Waals surface area contributed by atoms with Gasteiger partial charge in [0.2, 0.25) is 0 Å². The Hall–Kier alpha value is -2.78. The van der Waals surface area contributed by atoms with Crippen LogP contribution in [0, 0.1) is 6.92 Å². The third-order valence-electron chi connectivity index (χ3n) is 4.23. The van der Waals surface area contributed by atoms with Gasteiger partial charge in [-0.15, -0.1) is 4.40 Å². The summed E-state index contributed by atoms with van der Waals surface area (Å²) in [5.41, 5.74) is 1.66. The van der Waals surface area contributed by atoms with Gasteiger partial charge in [-0.05, 0) is 54.6 Å². The molecule has 0 bridgehead atoms. The van der Waals surface area contributed by atoms with Gasteiger partial charge >= 0.3 is 0 Å². The summed E-state index contributed by atoms with van der Waals surface area (Å²) in [6.45, 7) is 1.87. The summed E-state index contributed by atoms with van der Waals surface area (Å²) in [5, 5.41) is 0.0994. The van der Waals surface area contributed by atoms with E-state index in [1.807, 2.05) is 6.92 Å². The van der Waals surface area contributed by atoms with Crippen LogP contribution < -0.4 is 9.47 Å². The lowest BCUT2D eigenvalue weighted by Gasteiger charge is -2.08. The van der Waals surface area contributed by atoms with Gasteiger partial charge < -0.3 is 9.47 Å². The molecule has 1 fully saturated rings. The van der Waals surface area contributed by atoms with E-state index in [0.717, 1.165) is 22.9 Å². The number of carbonyl (C=O) groups is 1. The van der Waals surface area contributed by atoms with Gasteiger partial charge in [-0.1, -0.05) is 23.8 Å². The second kappa shape index (κ2) is 8.30. The highest BCUT2D eigenvalue weighted by atomic mass is 32.2. The van der Waals surface area contributed by atoms with Gasteiger partial charge in [-0.3, -0.25) is 9.69 Å². The van der Waals surface area contributed by atoms with Crippen LogP contribution in [-0.2, 0) is 14.8 Å². The Morgan fingerprint density at radius 2 is 1.69 bits per heavy atom. The number of aryl methyl sites for hydroxylation is 1. The van der Waals surface area contributed by atoms with Gasteiger partial charge in [0.1, 0.15) is 0 Å². The molecule has 0 atom stereocenters. The van der Waals surface area contributed by atoms with Crippen molar-refractivity contribution in [3.8, 4) is 11.5 Å². The average molecular weight is 433 g/mol. The fourth-order valence-corrected chi connectivity index (χ4v) is 4.79. The Morgan fingerprint density at radius 1 is 1.03 bits per heavy atom. The molecule has 9 heteroatoms. The van der Waals surface area contributed by atoms with Gasteiger partial charge in [-0.25, -0.2) is 0 Å². The number of amides is 1. The molecule has 0 radical (unpaired) electrons. The topological polar surface area (TPSA) is 85.3 Å². The van der Waals surface area contributed by atoms with Crippen molar-refractivity contribution in [2.75, 3.05) is 21.3 Å². The molecule has 152 valence electrons. The second-order valence-electron chi connectivity index (χ2n) is 6.25. The van der Waals surface area contributed by atoms with E-state index >= 15 is 0 Å². The van der Waals surface area contributed by atoms with E-state index < -0.39 is 10.0 Å². The minimum absolute atomic E-state index is 0.0781. The highest BCUT2D eigenvalue weighted by molar-refractivity contribution is 8.19. The summed E-state index contributed by atoms with van der Waals surface area (Å²) < 4.78 is 39.5. The number of methoxy groups -OCH3 is 2.